The molecular weight excluding hydrogens is 316 g/mol. The third-order valence-corrected chi connectivity index (χ3v) is 5.11. The third-order valence-electron chi connectivity index (χ3n) is 5.11. The fourth-order valence-electron chi connectivity index (χ4n) is 3.43. The molecule has 1 nitrogen and oxygen atoms in total. The van der Waals surface area contributed by atoms with Gasteiger partial charge >= 0.3 is 0 Å². The van der Waals surface area contributed by atoms with Crippen molar-refractivity contribution in [2.45, 2.75) is 135 Å². The van der Waals surface area contributed by atoms with Crippen LogP contribution >= 0.6 is 0 Å². The number of hydrogen-bond acceptors (Lipinski definition) is 1. The molecule has 1 N–H and O–H groups in total. The summed E-state index contributed by atoms with van der Waals surface area (Å²) in [5, 5.41) is 8.27. The maximum Gasteiger partial charge on any atom is 0.122 e. The first-order valence-electron chi connectivity index (χ1n) is 11.5. The lowest BCUT2D eigenvalue weighted by Gasteiger charge is -2.03. The van der Waals surface area contributed by atoms with Gasteiger partial charge in [0.25, 0.3) is 0 Å². The average Bonchev–Trinajstić information content (AvgIpc) is 2.66. The molecule has 0 saturated carbocycles. The van der Waals surface area contributed by atoms with Crippen molar-refractivity contribution in [1.29, 1.82) is 0 Å². The van der Waals surface area contributed by atoms with Gasteiger partial charge in [0.1, 0.15) is 6.11 Å². The predicted octanol–water partition coefficient (Wildman–Crippen LogP) is 8.15. The van der Waals surface area contributed by atoms with Crippen LogP contribution in [0.25, 0.3) is 0 Å². The van der Waals surface area contributed by atoms with Crippen LogP contribution in [-0.4, -0.2) is 5.11 Å². The van der Waals surface area contributed by atoms with Gasteiger partial charge in [0.15, 0.2) is 0 Å². The van der Waals surface area contributed by atoms with Crippen LogP contribution in [0.15, 0.2) is 0 Å². The van der Waals surface area contributed by atoms with Crippen LogP contribution < -0.4 is 0 Å². The third kappa shape index (κ3) is 22.9. The van der Waals surface area contributed by atoms with E-state index in [4.69, 9.17) is 5.11 Å². The maximum absolute atomic E-state index is 8.27. The second-order valence-corrected chi connectivity index (χ2v) is 7.65. The lowest BCUT2D eigenvalue weighted by Crippen LogP contribution is -1.84. The quantitative estimate of drug-likeness (QED) is 0.182. The molecule has 26 heavy (non-hydrogen) atoms. The van der Waals surface area contributed by atoms with Gasteiger partial charge in [-0.1, -0.05) is 128 Å². The minimum atomic E-state index is 0.910. The summed E-state index contributed by atoms with van der Waals surface area (Å²) in [6.45, 7) is 2.29. The molecule has 0 atom stereocenters. The maximum atomic E-state index is 8.27. The monoisotopic (exact) mass is 360 g/mol. The number of rotatable bonds is 19. The van der Waals surface area contributed by atoms with E-state index in [1.54, 1.807) is 6.11 Å². The van der Waals surface area contributed by atoms with Crippen molar-refractivity contribution in [2.75, 3.05) is 0 Å². The highest BCUT2D eigenvalue weighted by atomic mass is 16.2. The lowest BCUT2D eigenvalue weighted by molar-refractivity contribution is 0.517. The Balaban J connectivity index is 3.03. The van der Waals surface area contributed by atoms with Crippen LogP contribution in [0.5, 0.6) is 0 Å². The lowest BCUT2D eigenvalue weighted by atomic mass is 10.0. The van der Waals surface area contributed by atoms with Crippen molar-refractivity contribution in [3.05, 3.63) is 0 Å². The average molecular weight is 361 g/mol. The molecule has 0 unspecified atom stereocenters. The van der Waals surface area contributed by atoms with E-state index in [0.717, 1.165) is 6.42 Å². The Morgan fingerprint density at radius 3 is 1.15 bits per heavy atom. The van der Waals surface area contributed by atoms with E-state index < -0.39 is 0 Å². The summed E-state index contributed by atoms with van der Waals surface area (Å²) in [5.74, 6) is 7.95. The van der Waals surface area contributed by atoms with E-state index in [9.17, 15) is 0 Å². The van der Waals surface area contributed by atoms with Gasteiger partial charge in [-0.15, -0.1) is 0 Å². The number of aliphatic hydroxyl groups is 1. The van der Waals surface area contributed by atoms with Crippen molar-refractivity contribution in [2.24, 2.45) is 0 Å². The van der Waals surface area contributed by atoms with E-state index in [0.29, 0.717) is 0 Å². The Morgan fingerprint density at radius 2 is 0.808 bits per heavy atom. The summed E-state index contributed by atoms with van der Waals surface area (Å²) in [7, 11) is 0. The van der Waals surface area contributed by atoms with Gasteiger partial charge < -0.3 is 5.11 Å². The van der Waals surface area contributed by atoms with Crippen LogP contribution in [0.2, 0.25) is 0 Å². The second kappa shape index (κ2) is 23.9. The van der Waals surface area contributed by atoms with Crippen LogP contribution in [0.3, 0.4) is 0 Å². The second-order valence-electron chi connectivity index (χ2n) is 7.65. The van der Waals surface area contributed by atoms with E-state index in [1.807, 2.05) is 0 Å². The topological polar surface area (TPSA) is 20.2 Å². The molecule has 0 aromatic heterocycles. The Bertz CT molecular complexity index is 376. The zero-order valence-corrected chi connectivity index (χ0v) is 17.6. The summed E-state index contributed by atoms with van der Waals surface area (Å²) in [6.07, 6.45) is 29.5. The molecule has 0 aliphatic heterocycles. The zero-order valence-electron chi connectivity index (χ0n) is 17.6. The van der Waals surface area contributed by atoms with Crippen LogP contribution in [0, 0.1) is 23.9 Å². The summed E-state index contributed by atoms with van der Waals surface area (Å²) < 4.78 is 0. The highest BCUT2D eigenvalue weighted by Gasteiger charge is 1.95. The van der Waals surface area contributed by atoms with Gasteiger partial charge in [0, 0.05) is 12.3 Å². The number of unbranched alkanes of at least 4 members (excludes halogenated alkanes) is 19. The number of hydrogen-bond donors (Lipinski definition) is 1. The van der Waals surface area contributed by atoms with Crippen LogP contribution in [-0.2, 0) is 0 Å². The van der Waals surface area contributed by atoms with Crippen molar-refractivity contribution < 1.29 is 5.11 Å². The van der Waals surface area contributed by atoms with E-state index >= 15 is 0 Å². The molecule has 0 aromatic carbocycles. The summed E-state index contributed by atoms with van der Waals surface area (Å²) >= 11 is 0. The molecule has 0 saturated heterocycles. The zero-order chi connectivity index (χ0) is 19.0. The molecule has 150 valence electrons. The van der Waals surface area contributed by atoms with Gasteiger partial charge in [-0.3, -0.25) is 0 Å². The molecule has 1 heteroatoms. The fraction of sp³-hybridized carbons (Fsp3) is 0.840. The largest absolute Gasteiger partial charge is 0.461 e. The molecule has 0 rings (SSSR count). The van der Waals surface area contributed by atoms with Crippen LogP contribution in [0.4, 0.5) is 0 Å². The van der Waals surface area contributed by atoms with Crippen molar-refractivity contribution in [1.82, 2.24) is 0 Å². The molecule has 0 bridgehead atoms. The van der Waals surface area contributed by atoms with Crippen molar-refractivity contribution in [3.8, 4) is 23.9 Å². The molecule has 0 heterocycles. The molecular formula is C25H44O. The Morgan fingerprint density at radius 1 is 0.462 bits per heavy atom. The molecule has 0 aliphatic rings. The molecule has 0 aromatic rings. The Labute approximate surface area is 164 Å². The van der Waals surface area contributed by atoms with Crippen molar-refractivity contribution >= 4 is 0 Å². The molecule has 0 fully saturated rings. The van der Waals surface area contributed by atoms with E-state index in [1.165, 1.54) is 122 Å². The fourth-order valence-corrected chi connectivity index (χ4v) is 3.43. The summed E-state index contributed by atoms with van der Waals surface area (Å²) in [5.41, 5.74) is 0. The van der Waals surface area contributed by atoms with Crippen molar-refractivity contribution in [3.63, 3.8) is 0 Å². The van der Waals surface area contributed by atoms with Gasteiger partial charge in [-0.2, -0.15) is 0 Å². The SMILES string of the molecule is CCCCCCCCCCCCCCCCCCCCCC#CC#CO. The Kier molecular flexibility index (Phi) is 22.9. The van der Waals surface area contributed by atoms with Gasteiger partial charge in [-0.05, 0) is 12.3 Å². The summed E-state index contributed by atoms with van der Waals surface area (Å²) in [6, 6.07) is 0. The molecule has 0 amide bonds. The first-order valence-corrected chi connectivity index (χ1v) is 11.5. The molecule has 0 radical (unpaired) electrons. The minimum Gasteiger partial charge on any atom is -0.461 e. The van der Waals surface area contributed by atoms with Gasteiger partial charge in [0.05, 0.1) is 0 Å². The highest BCUT2D eigenvalue weighted by molar-refractivity contribution is 5.23. The number of aliphatic hydroxyl groups excluding tert-OH is 1. The highest BCUT2D eigenvalue weighted by Crippen LogP contribution is 2.14. The van der Waals surface area contributed by atoms with Crippen LogP contribution in [0.1, 0.15) is 135 Å². The Hall–Kier alpha value is -1.08. The standard InChI is InChI=1S/C25H44O/c1-2-3-4-5-6-7-8-9-10-11-12-13-14-15-16-17-18-19-20-21-22-23-24-25-26/h26H,2-21H2,1H3. The molecule has 0 spiro atoms. The minimum absolute atomic E-state index is 0.910. The van der Waals surface area contributed by atoms with Gasteiger partial charge in [0.2, 0.25) is 0 Å². The molecule has 0 aliphatic carbocycles. The van der Waals surface area contributed by atoms with E-state index in [2.05, 4.69) is 24.7 Å². The first-order chi connectivity index (χ1) is 12.9. The first kappa shape index (κ1) is 24.9. The predicted molar refractivity (Wildman–Crippen MR) is 116 cm³/mol. The smallest absolute Gasteiger partial charge is 0.122 e. The van der Waals surface area contributed by atoms with E-state index in [-0.39, 0.29) is 0 Å². The van der Waals surface area contributed by atoms with Gasteiger partial charge in [-0.25, -0.2) is 0 Å². The normalized spacial score (nSPS) is 10.0. The summed E-state index contributed by atoms with van der Waals surface area (Å²) in [4.78, 5) is 0.